The van der Waals surface area contributed by atoms with Crippen molar-refractivity contribution in [2.45, 2.75) is 89.0 Å². The first-order valence-electron chi connectivity index (χ1n) is 15.9. The molecule has 1 heterocycles. The van der Waals surface area contributed by atoms with Crippen molar-refractivity contribution in [3.63, 3.8) is 0 Å². The first-order valence-corrected chi connectivity index (χ1v) is 15.9. The summed E-state index contributed by atoms with van der Waals surface area (Å²) in [6, 6.07) is 16.3. The molecule has 9 heteroatoms. The first-order chi connectivity index (χ1) is 21.4. The van der Waals surface area contributed by atoms with Crippen LogP contribution in [-0.4, -0.2) is 52.6 Å². The molecule has 0 bridgehead atoms. The molecule has 0 spiro atoms. The fraction of sp³-hybridized carbons (Fsp3) is 0.457. The number of aliphatic hydroxyl groups excluding tert-OH is 1. The molecule has 9 nitrogen and oxygen atoms in total. The number of benzene rings is 2. The molecule has 0 aliphatic heterocycles. The second kappa shape index (κ2) is 19.2. The fourth-order valence-electron chi connectivity index (χ4n) is 5.76. The number of carboxylic acids is 1. The van der Waals surface area contributed by atoms with Crippen LogP contribution in [0.15, 0.2) is 71.4 Å². The Balaban J connectivity index is 1.80. The number of H-pyrrole nitrogens is 1. The van der Waals surface area contributed by atoms with Crippen LogP contribution in [-0.2, 0) is 16.0 Å². The number of carbonyl (C=O) groups is 2. The number of carboxylic acid groups (broad SMARTS) is 1. The average Bonchev–Trinajstić information content (AvgIpc) is 3.52. The summed E-state index contributed by atoms with van der Waals surface area (Å²) in [5.41, 5.74) is 14.0. The smallest absolute Gasteiger partial charge is 0.328 e. The van der Waals surface area contributed by atoms with E-state index in [1.807, 2.05) is 24.4 Å². The second-order valence-electron chi connectivity index (χ2n) is 11.5. The summed E-state index contributed by atoms with van der Waals surface area (Å²) in [5.74, 6) is -0.0744. The molecule has 8 N–H and O–H groups in total. The minimum atomic E-state index is -1.04. The minimum absolute atomic E-state index is 0.0868. The topological polar surface area (TPSA) is 167 Å². The number of aliphatic imine (C=N–C) groups is 1. The van der Waals surface area contributed by atoms with Gasteiger partial charge in [-0.15, -0.1) is 0 Å². The van der Waals surface area contributed by atoms with Gasteiger partial charge in [-0.1, -0.05) is 81.3 Å². The molecule has 2 unspecified atom stereocenters. The molecule has 2 aromatic carbocycles. The molecule has 0 amide bonds. The number of hydrogen-bond acceptors (Lipinski definition) is 5. The molecule has 0 fully saturated rings. The van der Waals surface area contributed by atoms with Crippen molar-refractivity contribution in [2.75, 3.05) is 18.5 Å². The van der Waals surface area contributed by atoms with Crippen molar-refractivity contribution in [1.82, 2.24) is 4.98 Å². The maximum absolute atomic E-state index is 11.8. The lowest BCUT2D eigenvalue weighted by Crippen LogP contribution is -2.28. The highest BCUT2D eigenvalue weighted by molar-refractivity contribution is 5.84. The molecule has 0 aliphatic carbocycles. The third-order valence-electron chi connectivity index (χ3n) is 8.11. The summed E-state index contributed by atoms with van der Waals surface area (Å²) in [5, 5.41) is 24.3. The minimum Gasteiger partial charge on any atom is -0.478 e. The Hall–Kier alpha value is -4.11. The zero-order chi connectivity index (χ0) is 31.6. The number of aldehydes is 1. The van der Waals surface area contributed by atoms with E-state index in [9.17, 15) is 14.7 Å². The summed E-state index contributed by atoms with van der Waals surface area (Å²) < 4.78 is 0. The molecule has 0 saturated carbocycles. The van der Waals surface area contributed by atoms with Gasteiger partial charge >= 0.3 is 5.97 Å². The van der Waals surface area contributed by atoms with Gasteiger partial charge < -0.3 is 36.8 Å². The van der Waals surface area contributed by atoms with Gasteiger partial charge in [-0.2, -0.15) is 0 Å². The van der Waals surface area contributed by atoms with E-state index >= 15 is 0 Å². The van der Waals surface area contributed by atoms with Gasteiger partial charge in [0.2, 0.25) is 0 Å². The van der Waals surface area contributed by atoms with E-state index < -0.39 is 5.97 Å². The lowest BCUT2D eigenvalue weighted by Gasteiger charge is -2.25. The maximum atomic E-state index is 11.8. The van der Waals surface area contributed by atoms with E-state index in [0.29, 0.717) is 18.4 Å². The van der Waals surface area contributed by atoms with Gasteiger partial charge in [-0.25, -0.2) is 9.79 Å². The maximum Gasteiger partial charge on any atom is 0.328 e. The van der Waals surface area contributed by atoms with Crippen LogP contribution in [0.5, 0.6) is 0 Å². The molecule has 3 aromatic rings. The van der Waals surface area contributed by atoms with Crippen molar-refractivity contribution in [3.05, 3.63) is 77.5 Å². The van der Waals surface area contributed by atoms with E-state index in [4.69, 9.17) is 16.6 Å². The Kier molecular flexibility index (Phi) is 15.0. The number of rotatable bonds is 22. The monoisotopic (exact) mass is 603 g/mol. The quantitative estimate of drug-likeness (QED) is 0.0268. The zero-order valence-corrected chi connectivity index (χ0v) is 25.7. The van der Waals surface area contributed by atoms with Gasteiger partial charge in [-0.3, -0.25) is 0 Å². The number of nitrogens with one attached hydrogen (secondary N) is 2. The van der Waals surface area contributed by atoms with Crippen LogP contribution in [0, 0.1) is 0 Å². The summed E-state index contributed by atoms with van der Waals surface area (Å²) in [4.78, 5) is 30.2. The van der Waals surface area contributed by atoms with Crippen molar-refractivity contribution >= 4 is 34.8 Å². The summed E-state index contributed by atoms with van der Waals surface area (Å²) in [6.07, 6.45) is 15.9. The number of guanidine groups is 1. The van der Waals surface area contributed by atoms with Crippen LogP contribution in [0.2, 0.25) is 0 Å². The number of anilines is 1. The molecule has 44 heavy (non-hydrogen) atoms. The second-order valence-corrected chi connectivity index (χ2v) is 11.5. The summed E-state index contributed by atoms with van der Waals surface area (Å²) >= 11 is 0. The van der Waals surface area contributed by atoms with Crippen LogP contribution in [0.3, 0.4) is 0 Å². The number of unbranched alkanes of at least 4 members (excludes halogenated alkanes) is 7. The highest BCUT2D eigenvalue weighted by Gasteiger charge is 2.20. The molecule has 238 valence electrons. The van der Waals surface area contributed by atoms with Crippen LogP contribution in [0.1, 0.15) is 87.7 Å². The number of aromatic amines is 1. The number of aromatic nitrogens is 1. The lowest BCUT2D eigenvalue weighted by molar-refractivity contribution is -0.131. The van der Waals surface area contributed by atoms with Crippen molar-refractivity contribution in [1.29, 1.82) is 0 Å². The van der Waals surface area contributed by atoms with Crippen molar-refractivity contribution in [3.8, 4) is 0 Å². The molecule has 2 atom stereocenters. The lowest BCUT2D eigenvalue weighted by atomic mass is 9.85. The van der Waals surface area contributed by atoms with Crippen molar-refractivity contribution < 1.29 is 19.8 Å². The Bertz CT molecular complexity index is 1350. The highest BCUT2D eigenvalue weighted by atomic mass is 16.4. The number of nitrogens with zero attached hydrogens (tertiary/aromatic N) is 1. The van der Waals surface area contributed by atoms with Crippen LogP contribution < -0.4 is 16.8 Å². The van der Waals surface area contributed by atoms with E-state index in [0.717, 1.165) is 67.0 Å². The molecular formula is C35H49N5O4. The normalized spacial score (nSPS) is 13.0. The highest BCUT2D eigenvalue weighted by Crippen LogP contribution is 2.32. The van der Waals surface area contributed by atoms with Crippen LogP contribution in [0.25, 0.3) is 10.8 Å². The Morgan fingerprint density at radius 3 is 2.30 bits per heavy atom. The fourth-order valence-corrected chi connectivity index (χ4v) is 5.76. The Labute approximate surface area is 260 Å². The molecule has 0 aliphatic rings. The number of hydrogen-bond donors (Lipinski definition) is 6. The van der Waals surface area contributed by atoms with Gasteiger partial charge in [0.15, 0.2) is 5.96 Å². The van der Waals surface area contributed by atoms with E-state index in [-0.39, 0.29) is 31.1 Å². The number of nitrogens with two attached hydrogens (primary N) is 2. The van der Waals surface area contributed by atoms with Crippen LogP contribution >= 0.6 is 0 Å². The summed E-state index contributed by atoms with van der Waals surface area (Å²) in [6.45, 7) is 0.364. The Morgan fingerprint density at radius 2 is 1.64 bits per heavy atom. The number of aliphatic hydroxyl groups is 1. The SMILES string of the molecule is NC(N)=NCC(=CC(=O)O)C(CCC(CCCCCCCCCCO)c1ccc2ccc(CC=O)cc2c1)Nc1ccc[nH]1. The van der Waals surface area contributed by atoms with E-state index in [2.05, 4.69) is 45.6 Å². The first kappa shape index (κ1) is 34.4. The molecular weight excluding hydrogens is 554 g/mol. The molecule has 3 rings (SSSR count). The van der Waals surface area contributed by atoms with Gasteiger partial charge in [0.1, 0.15) is 12.1 Å². The average molecular weight is 604 g/mol. The molecule has 0 radical (unpaired) electrons. The van der Waals surface area contributed by atoms with E-state index in [1.165, 1.54) is 37.3 Å². The van der Waals surface area contributed by atoms with Gasteiger partial charge in [0.25, 0.3) is 0 Å². The summed E-state index contributed by atoms with van der Waals surface area (Å²) in [7, 11) is 0. The Morgan fingerprint density at radius 1 is 0.909 bits per heavy atom. The molecule has 0 saturated heterocycles. The third kappa shape index (κ3) is 12.2. The largest absolute Gasteiger partial charge is 0.478 e. The predicted octanol–water partition coefficient (Wildman–Crippen LogP) is 6.04. The van der Waals surface area contributed by atoms with E-state index in [1.54, 1.807) is 0 Å². The molecule has 1 aromatic heterocycles. The van der Waals surface area contributed by atoms with Crippen molar-refractivity contribution in [2.24, 2.45) is 16.5 Å². The predicted molar refractivity (Wildman–Crippen MR) is 179 cm³/mol. The van der Waals surface area contributed by atoms with Gasteiger partial charge in [0, 0.05) is 25.3 Å². The number of aliphatic carboxylic acids is 1. The van der Waals surface area contributed by atoms with Gasteiger partial charge in [0.05, 0.1) is 12.6 Å². The van der Waals surface area contributed by atoms with Crippen LogP contribution in [0.4, 0.5) is 5.82 Å². The number of fused-ring (bicyclic) bond motifs is 1. The van der Waals surface area contributed by atoms with Gasteiger partial charge in [-0.05, 0) is 71.2 Å². The standard InChI is InChI=1S/C35H49N5O4/c36-35(37)39-25-31(24-34(43)44)32(40-33-11-9-19-38-33)17-16-27(10-7-5-3-1-2-4-6-8-20-41)29-15-14-28-13-12-26(18-21-42)22-30(28)23-29/h9,11-15,19,21-24,27,32,38,40-41H,1-8,10,16-18,20,25H2,(H,43,44)(H4,36,37,39). The zero-order valence-electron chi connectivity index (χ0n) is 25.7. The third-order valence-corrected chi connectivity index (χ3v) is 8.11. The number of carbonyl (C=O) groups excluding carboxylic acids is 1.